The number of benzene rings is 1. The van der Waals surface area contributed by atoms with Crippen LogP contribution in [-0.4, -0.2) is 47.5 Å². The van der Waals surface area contributed by atoms with Crippen LogP contribution in [0.1, 0.15) is 25.1 Å². The summed E-state index contributed by atoms with van der Waals surface area (Å²) in [5.74, 6) is 0.949. The van der Waals surface area contributed by atoms with Crippen molar-refractivity contribution >= 4 is 21.6 Å². The predicted octanol–water partition coefficient (Wildman–Crippen LogP) is 2.11. The number of fused-ring (bicyclic) bond motifs is 1. The Balaban J connectivity index is 1.38. The number of aryl methyl sites for hydroxylation is 1. The number of aromatic nitrogens is 2. The number of amides is 1. The summed E-state index contributed by atoms with van der Waals surface area (Å²) in [7, 11) is -3.17. The molecule has 0 aliphatic carbocycles. The molecular formula is C19H24N4O3S. The molecule has 1 saturated heterocycles. The van der Waals surface area contributed by atoms with Crippen molar-refractivity contribution < 1.29 is 13.2 Å². The number of hydrogen-bond acceptors (Lipinski definition) is 4. The Hall–Kier alpha value is -2.19. The fourth-order valence-electron chi connectivity index (χ4n) is 3.91. The summed E-state index contributed by atoms with van der Waals surface area (Å²) in [4.78, 5) is 17.0. The predicted molar refractivity (Wildman–Crippen MR) is 104 cm³/mol. The first kappa shape index (κ1) is 18.2. The van der Waals surface area contributed by atoms with E-state index in [9.17, 15) is 13.2 Å². The summed E-state index contributed by atoms with van der Waals surface area (Å²) in [6.07, 6.45) is 6.41. The molecule has 2 aromatic rings. The normalized spacial score (nSPS) is 18.4. The molecule has 3 heterocycles. The van der Waals surface area contributed by atoms with Crippen LogP contribution in [0.2, 0.25) is 0 Å². The molecule has 0 radical (unpaired) electrons. The van der Waals surface area contributed by atoms with E-state index >= 15 is 0 Å². The largest absolute Gasteiger partial charge is 0.328 e. The zero-order valence-electron chi connectivity index (χ0n) is 15.4. The van der Waals surface area contributed by atoms with Gasteiger partial charge in [-0.3, -0.25) is 4.79 Å². The number of carbonyl (C=O) groups excluding carboxylic acids is 1. The zero-order chi connectivity index (χ0) is 19.0. The Morgan fingerprint density at radius 1 is 1.15 bits per heavy atom. The van der Waals surface area contributed by atoms with Crippen LogP contribution in [0.25, 0.3) is 11.3 Å². The molecule has 8 heteroatoms. The Morgan fingerprint density at radius 2 is 1.85 bits per heavy atom. The number of anilines is 1. The van der Waals surface area contributed by atoms with E-state index in [0.29, 0.717) is 25.9 Å². The third-order valence-electron chi connectivity index (χ3n) is 5.46. The van der Waals surface area contributed by atoms with Crippen LogP contribution >= 0.6 is 0 Å². The first-order valence-corrected chi connectivity index (χ1v) is 11.2. The topological polar surface area (TPSA) is 84.3 Å². The van der Waals surface area contributed by atoms with Crippen LogP contribution in [0.4, 0.5) is 5.69 Å². The van der Waals surface area contributed by atoms with Crippen LogP contribution in [0, 0.1) is 5.92 Å². The first-order valence-electron chi connectivity index (χ1n) is 9.32. The third-order valence-corrected chi connectivity index (χ3v) is 6.77. The molecule has 27 heavy (non-hydrogen) atoms. The Kier molecular flexibility index (Phi) is 4.77. The maximum absolute atomic E-state index is 12.5. The minimum absolute atomic E-state index is 0.0406. The number of piperidine rings is 1. The second-order valence-electron chi connectivity index (χ2n) is 7.32. The highest BCUT2D eigenvalue weighted by molar-refractivity contribution is 7.88. The lowest BCUT2D eigenvalue weighted by atomic mass is 9.97. The fraction of sp³-hybridized carbons (Fsp3) is 0.474. The van der Waals surface area contributed by atoms with Gasteiger partial charge < -0.3 is 9.88 Å². The summed E-state index contributed by atoms with van der Waals surface area (Å²) in [5.41, 5.74) is 2.97. The molecule has 1 fully saturated rings. The van der Waals surface area contributed by atoms with Crippen LogP contribution < -0.4 is 5.32 Å². The smallest absolute Gasteiger partial charge is 0.227 e. The summed E-state index contributed by atoms with van der Waals surface area (Å²) in [6.45, 7) is 1.82. The summed E-state index contributed by atoms with van der Waals surface area (Å²) < 4.78 is 26.8. The maximum atomic E-state index is 12.5. The standard InChI is InChI=1S/C19H24N4O3S/c1-27(25,26)22-11-8-15(9-12-22)19(24)21-16-6-4-14(5-7-16)17-13-20-18-3-2-10-23(17)18/h4-7,13,15H,2-3,8-12H2,1H3,(H,21,24). The summed E-state index contributed by atoms with van der Waals surface area (Å²) in [5, 5.41) is 2.96. The lowest BCUT2D eigenvalue weighted by Crippen LogP contribution is -2.40. The third kappa shape index (κ3) is 3.77. The molecule has 1 aromatic carbocycles. The number of sulfonamides is 1. The highest BCUT2D eigenvalue weighted by Crippen LogP contribution is 2.27. The van der Waals surface area contributed by atoms with Gasteiger partial charge in [-0.1, -0.05) is 12.1 Å². The number of carbonyl (C=O) groups is 1. The van der Waals surface area contributed by atoms with Crippen molar-refractivity contribution in [2.75, 3.05) is 24.7 Å². The monoisotopic (exact) mass is 388 g/mol. The van der Waals surface area contributed by atoms with Gasteiger partial charge >= 0.3 is 0 Å². The Bertz CT molecular complexity index is 942. The van der Waals surface area contributed by atoms with Gasteiger partial charge in [-0.25, -0.2) is 17.7 Å². The Labute approximate surface area is 159 Å². The molecule has 0 unspecified atom stereocenters. The van der Waals surface area contributed by atoms with Gasteiger partial charge in [0, 0.05) is 37.7 Å². The molecule has 2 aliphatic rings. The molecule has 1 amide bonds. The van der Waals surface area contributed by atoms with Crippen molar-refractivity contribution in [3.05, 3.63) is 36.3 Å². The van der Waals surface area contributed by atoms with E-state index in [1.165, 1.54) is 10.6 Å². The Morgan fingerprint density at radius 3 is 2.52 bits per heavy atom. The van der Waals surface area contributed by atoms with Crippen molar-refractivity contribution in [2.24, 2.45) is 5.92 Å². The van der Waals surface area contributed by atoms with Crippen molar-refractivity contribution in [1.82, 2.24) is 13.9 Å². The van der Waals surface area contributed by atoms with E-state index in [4.69, 9.17) is 0 Å². The van der Waals surface area contributed by atoms with Gasteiger partial charge in [0.05, 0.1) is 18.1 Å². The van der Waals surface area contributed by atoms with Crippen LogP contribution in [-0.2, 0) is 27.8 Å². The van der Waals surface area contributed by atoms with Gasteiger partial charge in [0.25, 0.3) is 0 Å². The number of nitrogens with one attached hydrogen (secondary N) is 1. The minimum Gasteiger partial charge on any atom is -0.328 e. The maximum Gasteiger partial charge on any atom is 0.227 e. The van der Waals surface area contributed by atoms with Gasteiger partial charge in [-0.15, -0.1) is 0 Å². The lowest BCUT2D eigenvalue weighted by molar-refractivity contribution is -0.120. The number of hydrogen-bond donors (Lipinski definition) is 1. The minimum atomic E-state index is -3.17. The molecular weight excluding hydrogens is 364 g/mol. The van der Waals surface area contributed by atoms with Crippen molar-refractivity contribution in [2.45, 2.75) is 32.2 Å². The van der Waals surface area contributed by atoms with E-state index in [1.807, 2.05) is 30.5 Å². The molecule has 1 aromatic heterocycles. The number of imidazole rings is 1. The summed E-state index contributed by atoms with van der Waals surface area (Å²) in [6, 6.07) is 7.83. The van der Waals surface area contributed by atoms with E-state index in [2.05, 4.69) is 14.9 Å². The van der Waals surface area contributed by atoms with Crippen molar-refractivity contribution in [3.8, 4) is 11.3 Å². The zero-order valence-corrected chi connectivity index (χ0v) is 16.2. The van der Waals surface area contributed by atoms with E-state index < -0.39 is 10.0 Å². The average molecular weight is 388 g/mol. The summed E-state index contributed by atoms with van der Waals surface area (Å²) >= 11 is 0. The molecule has 0 spiro atoms. The van der Waals surface area contributed by atoms with Gasteiger partial charge in [-0.2, -0.15) is 0 Å². The van der Waals surface area contributed by atoms with E-state index in [0.717, 1.165) is 42.2 Å². The first-order chi connectivity index (χ1) is 12.9. The van der Waals surface area contributed by atoms with E-state index in [1.54, 1.807) is 0 Å². The average Bonchev–Trinajstić information content (AvgIpc) is 3.25. The van der Waals surface area contributed by atoms with Gasteiger partial charge in [0.15, 0.2) is 0 Å². The number of nitrogens with zero attached hydrogens (tertiary/aromatic N) is 3. The SMILES string of the molecule is CS(=O)(=O)N1CCC(C(=O)Nc2ccc(-c3cnc4n3CCC4)cc2)CC1. The highest BCUT2D eigenvalue weighted by Gasteiger charge is 2.29. The molecule has 1 N–H and O–H groups in total. The lowest BCUT2D eigenvalue weighted by Gasteiger charge is -2.29. The second kappa shape index (κ2) is 7.09. The molecule has 0 atom stereocenters. The van der Waals surface area contributed by atoms with Crippen molar-refractivity contribution in [1.29, 1.82) is 0 Å². The van der Waals surface area contributed by atoms with Crippen LogP contribution in [0.5, 0.6) is 0 Å². The molecule has 0 bridgehead atoms. The van der Waals surface area contributed by atoms with Gasteiger partial charge in [-0.05, 0) is 37.0 Å². The van der Waals surface area contributed by atoms with Gasteiger partial charge in [0.2, 0.25) is 15.9 Å². The van der Waals surface area contributed by atoms with Crippen molar-refractivity contribution in [3.63, 3.8) is 0 Å². The number of rotatable bonds is 4. The molecule has 0 saturated carbocycles. The highest BCUT2D eigenvalue weighted by atomic mass is 32.2. The molecule has 144 valence electrons. The fourth-order valence-corrected chi connectivity index (χ4v) is 4.78. The molecule has 4 rings (SSSR count). The van der Waals surface area contributed by atoms with Crippen LogP contribution in [0.15, 0.2) is 30.5 Å². The van der Waals surface area contributed by atoms with E-state index in [-0.39, 0.29) is 11.8 Å². The quantitative estimate of drug-likeness (QED) is 0.869. The van der Waals surface area contributed by atoms with Crippen LogP contribution in [0.3, 0.4) is 0 Å². The molecule has 7 nitrogen and oxygen atoms in total. The molecule has 2 aliphatic heterocycles. The second-order valence-corrected chi connectivity index (χ2v) is 9.30. The van der Waals surface area contributed by atoms with Gasteiger partial charge in [0.1, 0.15) is 5.82 Å².